The second kappa shape index (κ2) is 9.69. The van der Waals surface area contributed by atoms with Crippen molar-refractivity contribution in [2.45, 2.75) is 31.6 Å². The molecule has 1 unspecified atom stereocenters. The third-order valence-corrected chi connectivity index (χ3v) is 5.97. The van der Waals surface area contributed by atoms with Crippen LogP contribution in [0.25, 0.3) is 0 Å². The number of unbranched alkanes of at least 4 members (excludes halogenated alkanes) is 1. The van der Waals surface area contributed by atoms with Crippen molar-refractivity contribution in [3.8, 4) is 11.5 Å². The Balaban J connectivity index is 1.95. The highest BCUT2D eigenvalue weighted by Crippen LogP contribution is 2.47. The minimum atomic E-state index is -0.257. The number of carbonyl (C=O) groups is 2. The lowest BCUT2D eigenvalue weighted by Gasteiger charge is -2.27. The summed E-state index contributed by atoms with van der Waals surface area (Å²) in [6.45, 7) is 2.06. The quantitative estimate of drug-likeness (QED) is 0.683. The predicted molar refractivity (Wildman–Crippen MR) is 117 cm³/mol. The Labute approximate surface area is 175 Å². The van der Waals surface area contributed by atoms with E-state index in [1.807, 2.05) is 36.4 Å². The minimum Gasteiger partial charge on any atom is -0.497 e. The van der Waals surface area contributed by atoms with Crippen LogP contribution in [0.15, 0.2) is 42.5 Å². The number of carbonyl (C=O) groups excluding carboxylic acids is 2. The highest BCUT2D eigenvalue weighted by atomic mass is 32.2. The maximum absolute atomic E-state index is 12.8. The van der Waals surface area contributed by atoms with E-state index in [0.717, 1.165) is 24.1 Å². The molecule has 1 fully saturated rings. The summed E-state index contributed by atoms with van der Waals surface area (Å²) in [6, 6.07) is 13.0. The topological polar surface area (TPSA) is 67.9 Å². The molecular formula is C22H26N2O4S. The summed E-state index contributed by atoms with van der Waals surface area (Å²) in [4.78, 5) is 26.8. The Bertz CT molecular complexity index is 887. The monoisotopic (exact) mass is 414 g/mol. The van der Waals surface area contributed by atoms with E-state index in [1.165, 1.54) is 11.8 Å². The molecule has 2 aromatic carbocycles. The van der Waals surface area contributed by atoms with Crippen LogP contribution >= 0.6 is 11.8 Å². The number of methoxy groups -OCH3 is 2. The van der Waals surface area contributed by atoms with Gasteiger partial charge in [0.2, 0.25) is 11.8 Å². The van der Waals surface area contributed by atoms with E-state index in [0.29, 0.717) is 29.4 Å². The van der Waals surface area contributed by atoms with Crippen molar-refractivity contribution in [1.82, 2.24) is 0 Å². The Morgan fingerprint density at radius 1 is 1.21 bits per heavy atom. The molecular weight excluding hydrogens is 388 g/mol. The van der Waals surface area contributed by atoms with Gasteiger partial charge >= 0.3 is 0 Å². The van der Waals surface area contributed by atoms with Gasteiger partial charge in [0.1, 0.15) is 16.9 Å². The Kier molecular flexibility index (Phi) is 7.04. The molecule has 154 valence electrons. The van der Waals surface area contributed by atoms with Crippen molar-refractivity contribution in [2.75, 3.05) is 30.2 Å². The SMILES string of the molecule is CCCCC(=O)Nc1ccccc1C1SCC(=O)N1c1ccc(OC)cc1OC. The second-order valence-corrected chi connectivity index (χ2v) is 7.77. The number of amides is 2. The number of thioether (sulfide) groups is 1. The van der Waals surface area contributed by atoms with E-state index in [4.69, 9.17) is 9.47 Å². The molecule has 7 heteroatoms. The Hall–Kier alpha value is -2.67. The molecule has 0 spiro atoms. The van der Waals surface area contributed by atoms with E-state index in [2.05, 4.69) is 12.2 Å². The van der Waals surface area contributed by atoms with Crippen LogP contribution in [0.5, 0.6) is 11.5 Å². The molecule has 1 heterocycles. The van der Waals surface area contributed by atoms with Gasteiger partial charge in [0, 0.05) is 23.7 Å². The first-order valence-electron chi connectivity index (χ1n) is 9.63. The average Bonchev–Trinajstić information content (AvgIpc) is 3.13. The van der Waals surface area contributed by atoms with Gasteiger partial charge in [-0.2, -0.15) is 0 Å². The molecule has 0 aromatic heterocycles. The smallest absolute Gasteiger partial charge is 0.238 e. The van der Waals surface area contributed by atoms with Gasteiger partial charge in [-0.3, -0.25) is 14.5 Å². The third kappa shape index (κ3) is 4.67. The van der Waals surface area contributed by atoms with Crippen molar-refractivity contribution in [2.24, 2.45) is 0 Å². The fourth-order valence-electron chi connectivity index (χ4n) is 3.27. The van der Waals surface area contributed by atoms with Gasteiger partial charge in [0.05, 0.1) is 25.7 Å². The highest BCUT2D eigenvalue weighted by Gasteiger charge is 2.37. The van der Waals surface area contributed by atoms with Gasteiger partial charge in [0.15, 0.2) is 0 Å². The fraction of sp³-hybridized carbons (Fsp3) is 0.364. The first kappa shape index (κ1) is 21.0. The number of hydrogen-bond donors (Lipinski definition) is 1. The molecule has 1 aliphatic rings. The third-order valence-electron chi connectivity index (χ3n) is 4.77. The maximum Gasteiger partial charge on any atom is 0.238 e. The number of benzene rings is 2. The van der Waals surface area contributed by atoms with Crippen LogP contribution < -0.4 is 19.7 Å². The average molecular weight is 415 g/mol. The van der Waals surface area contributed by atoms with Crippen LogP contribution in [0.3, 0.4) is 0 Å². The van der Waals surface area contributed by atoms with Gasteiger partial charge in [-0.15, -0.1) is 11.8 Å². The van der Waals surface area contributed by atoms with Crippen LogP contribution in [0.4, 0.5) is 11.4 Å². The van der Waals surface area contributed by atoms with Crippen molar-refractivity contribution >= 4 is 35.0 Å². The van der Waals surface area contributed by atoms with Gasteiger partial charge in [-0.05, 0) is 24.6 Å². The molecule has 3 rings (SSSR count). The molecule has 1 saturated heterocycles. The second-order valence-electron chi connectivity index (χ2n) is 6.70. The number of rotatable bonds is 8. The molecule has 1 aliphatic heterocycles. The summed E-state index contributed by atoms with van der Waals surface area (Å²) < 4.78 is 10.8. The molecule has 0 radical (unpaired) electrons. The van der Waals surface area contributed by atoms with Crippen LogP contribution in [-0.4, -0.2) is 31.8 Å². The molecule has 2 aromatic rings. The van der Waals surface area contributed by atoms with Crippen LogP contribution in [-0.2, 0) is 9.59 Å². The van der Waals surface area contributed by atoms with Gasteiger partial charge in [-0.25, -0.2) is 0 Å². The van der Waals surface area contributed by atoms with Gasteiger partial charge < -0.3 is 14.8 Å². The summed E-state index contributed by atoms with van der Waals surface area (Å²) in [5.41, 5.74) is 2.31. The molecule has 6 nitrogen and oxygen atoms in total. The van der Waals surface area contributed by atoms with Crippen molar-refractivity contribution in [3.63, 3.8) is 0 Å². The van der Waals surface area contributed by atoms with E-state index < -0.39 is 0 Å². The summed E-state index contributed by atoms with van der Waals surface area (Å²) in [5.74, 6) is 1.57. The zero-order valence-corrected chi connectivity index (χ0v) is 17.8. The maximum atomic E-state index is 12.8. The molecule has 0 bridgehead atoms. The normalized spacial score (nSPS) is 16.0. The van der Waals surface area contributed by atoms with Crippen molar-refractivity contribution < 1.29 is 19.1 Å². The van der Waals surface area contributed by atoms with E-state index >= 15 is 0 Å². The summed E-state index contributed by atoms with van der Waals surface area (Å²) >= 11 is 1.53. The number of para-hydroxylation sites is 1. The molecule has 0 saturated carbocycles. The summed E-state index contributed by atoms with van der Waals surface area (Å²) in [6.07, 6.45) is 2.30. The van der Waals surface area contributed by atoms with Gasteiger partial charge in [0.25, 0.3) is 0 Å². The van der Waals surface area contributed by atoms with Gasteiger partial charge in [-0.1, -0.05) is 31.5 Å². The Morgan fingerprint density at radius 3 is 2.72 bits per heavy atom. The molecule has 29 heavy (non-hydrogen) atoms. The van der Waals surface area contributed by atoms with E-state index in [9.17, 15) is 9.59 Å². The lowest BCUT2D eigenvalue weighted by molar-refractivity contribution is -0.116. The van der Waals surface area contributed by atoms with Crippen LogP contribution in [0.2, 0.25) is 0 Å². The standard InChI is InChI=1S/C22H26N2O4S/c1-4-5-10-20(25)23-17-9-7-6-8-16(17)22-24(21(26)14-29-22)18-12-11-15(27-2)13-19(18)28-3/h6-9,11-13,22H,4-5,10,14H2,1-3H3,(H,23,25). The Morgan fingerprint density at radius 2 is 2.00 bits per heavy atom. The first-order chi connectivity index (χ1) is 14.1. The predicted octanol–water partition coefficient (Wildman–Crippen LogP) is 4.61. The zero-order chi connectivity index (χ0) is 20.8. The van der Waals surface area contributed by atoms with E-state index in [-0.39, 0.29) is 17.2 Å². The largest absolute Gasteiger partial charge is 0.497 e. The highest BCUT2D eigenvalue weighted by molar-refractivity contribution is 8.00. The summed E-state index contributed by atoms with van der Waals surface area (Å²) in [7, 11) is 3.16. The molecule has 1 N–H and O–H groups in total. The lowest BCUT2D eigenvalue weighted by atomic mass is 10.1. The molecule has 2 amide bonds. The number of anilines is 2. The fourth-order valence-corrected chi connectivity index (χ4v) is 4.48. The molecule has 1 atom stereocenters. The number of nitrogens with zero attached hydrogens (tertiary/aromatic N) is 1. The van der Waals surface area contributed by atoms with Crippen LogP contribution in [0.1, 0.15) is 37.1 Å². The zero-order valence-electron chi connectivity index (χ0n) is 16.9. The minimum absolute atomic E-state index is 0.00409. The van der Waals surface area contributed by atoms with Crippen molar-refractivity contribution in [1.29, 1.82) is 0 Å². The lowest BCUT2D eigenvalue weighted by Crippen LogP contribution is -2.29. The number of nitrogens with one attached hydrogen (secondary N) is 1. The number of ether oxygens (including phenoxy) is 2. The summed E-state index contributed by atoms with van der Waals surface area (Å²) in [5, 5.41) is 2.76. The van der Waals surface area contributed by atoms with Crippen molar-refractivity contribution in [3.05, 3.63) is 48.0 Å². The number of hydrogen-bond acceptors (Lipinski definition) is 5. The molecule has 0 aliphatic carbocycles. The first-order valence-corrected chi connectivity index (χ1v) is 10.7. The van der Waals surface area contributed by atoms with E-state index in [1.54, 1.807) is 25.2 Å². The van der Waals surface area contributed by atoms with Crippen LogP contribution in [0, 0.1) is 0 Å².